The Labute approximate surface area is 110 Å². The normalized spacial score (nSPS) is 15.5. The first-order chi connectivity index (χ1) is 8.43. The van der Waals surface area contributed by atoms with Crippen molar-refractivity contribution in [2.45, 2.75) is 52.0 Å². The number of hydrogen-bond acceptors (Lipinski definition) is 3. The van der Waals surface area contributed by atoms with Gasteiger partial charge in [0.1, 0.15) is 0 Å². The molecule has 0 bridgehead atoms. The number of amides is 1. The molecule has 1 saturated carbocycles. The van der Waals surface area contributed by atoms with E-state index in [4.69, 9.17) is 5.26 Å². The Morgan fingerprint density at radius 1 is 1.44 bits per heavy atom. The SMILES string of the molecule is CN(CCCCC(C)(C)C#N)CC(=O)NC1CC1. The molecule has 0 aromatic rings. The smallest absolute Gasteiger partial charge is 0.234 e. The largest absolute Gasteiger partial charge is 0.352 e. The van der Waals surface area contributed by atoms with E-state index in [9.17, 15) is 4.79 Å². The molecule has 0 radical (unpaired) electrons. The molecule has 0 aliphatic heterocycles. The molecule has 1 fully saturated rings. The van der Waals surface area contributed by atoms with Crippen LogP contribution in [0.5, 0.6) is 0 Å². The van der Waals surface area contributed by atoms with Crippen LogP contribution in [0.15, 0.2) is 0 Å². The summed E-state index contributed by atoms with van der Waals surface area (Å²) in [7, 11) is 1.97. The number of likely N-dealkylation sites (N-methyl/N-ethyl adjacent to an activating group) is 1. The van der Waals surface area contributed by atoms with Crippen LogP contribution in [-0.4, -0.2) is 37.0 Å². The van der Waals surface area contributed by atoms with E-state index >= 15 is 0 Å². The second-order valence-corrected chi connectivity index (χ2v) is 6.03. The molecule has 1 aliphatic rings. The molecule has 4 nitrogen and oxygen atoms in total. The van der Waals surface area contributed by atoms with Crippen LogP contribution in [-0.2, 0) is 4.79 Å². The molecule has 4 heteroatoms. The lowest BCUT2D eigenvalue weighted by Crippen LogP contribution is -2.36. The molecular formula is C14H25N3O. The predicted molar refractivity (Wildman–Crippen MR) is 71.9 cm³/mol. The van der Waals surface area contributed by atoms with E-state index in [0.717, 1.165) is 38.6 Å². The summed E-state index contributed by atoms with van der Waals surface area (Å²) in [6.45, 7) is 5.34. The Kier molecular flexibility index (Phi) is 5.61. The third kappa shape index (κ3) is 6.61. The maximum absolute atomic E-state index is 11.5. The molecule has 0 unspecified atom stereocenters. The number of hydrogen-bond donors (Lipinski definition) is 1. The van der Waals surface area contributed by atoms with Crippen molar-refractivity contribution in [3.05, 3.63) is 0 Å². The topological polar surface area (TPSA) is 56.1 Å². The van der Waals surface area contributed by atoms with E-state index in [1.54, 1.807) is 0 Å². The molecule has 0 heterocycles. The Morgan fingerprint density at radius 2 is 2.11 bits per heavy atom. The predicted octanol–water partition coefficient (Wildman–Crippen LogP) is 1.92. The molecule has 102 valence electrons. The molecule has 18 heavy (non-hydrogen) atoms. The van der Waals surface area contributed by atoms with Gasteiger partial charge in [0.2, 0.25) is 5.91 Å². The lowest BCUT2D eigenvalue weighted by molar-refractivity contribution is -0.122. The van der Waals surface area contributed by atoms with Crippen LogP contribution in [0.4, 0.5) is 0 Å². The van der Waals surface area contributed by atoms with E-state index in [0.29, 0.717) is 12.6 Å². The van der Waals surface area contributed by atoms with Gasteiger partial charge in [-0.15, -0.1) is 0 Å². The highest BCUT2D eigenvalue weighted by Crippen LogP contribution is 2.21. The summed E-state index contributed by atoms with van der Waals surface area (Å²) >= 11 is 0. The highest BCUT2D eigenvalue weighted by atomic mass is 16.2. The number of carbonyl (C=O) groups excluding carboxylic acids is 1. The minimum atomic E-state index is -0.220. The second kappa shape index (κ2) is 6.75. The van der Waals surface area contributed by atoms with Crippen molar-refractivity contribution >= 4 is 5.91 Å². The summed E-state index contributed by atoms with van der Waals surface area (Å²) in [5.74, 6) is 0.136. The molecular weight excluding hydrogens is 226 g/mol. The second-order valence-electron chi connectivity index (χ2n) is 6.03. The molecule has 1 aliphatic carbocycles. The monoisotopic (exact) mass is 251 g/mol. The zero-order chi connectivity index (χ0) is 13.6. The number of nitriles is 1. The van der Waals surface area contributed by atoms with Gasteiger partial charge in [-0.3, -0.25) is 9.69 Å². The van der Waals surface area contributed by atoms with Gasteiger partial charge in [0, 0.05) is 6.04 Å². The number of nitrogens with zero attached hydrogens (tertiary/aromatic N) is 2. The van der Waals surface area contributed by atoms with Gasteiger partial charge in [-0.2, -0.15) is 5.26 Å². The molecule has 1 rings (SSSR count). The van der Waals surface area contributed by atoms with E-state index in [-0.39, 0.29) is 11.3 Å². The number of unbranched alkanes of at least 4 members (excludes halogenated alkanes) is 1. The van der Waals surface area contributed by atoms with Crippen LogP contribution >= 0.6 is 0 Å². The van der Waals surface area contributed by atoms with Gasteiger partial charge in [0.15, 0.2) is 0 Å². The molecule has 1 N–H and O–H groups in total. The first-order valence-electron chi connectivity index (χ1n) is 6.82. The summed E-state index contributed by atoms with van der Waals surface area (Å²) in [5.41, 5.74) is -0.220. The van der Waals surface area contributed by atoms with Crippen molar-refractivity contribution in [2.24, 2.45) is 5.41 Å². The van der Waals surface area contributed by atoms with Gasteiger partial charge >= 0.3 is 0 Å². The third-order valence-electron chi connectivity index (χ3n) is 3.25. The maximum atomic E-state index is 11.5. The van der Waals surface area contributed by atoms with Crippen LogP contribution in [0.25, 0.3) is 0 Å². The van der Waals surface area contributed by atoms with E-state index < -0.39 is 0 Å². The zero-order valence-corrected chi connectivity index (χ0v) is 11.8. The van der Waals surface area contributed by atoms with Crippen molar-refractivity contribution in [3.8, 4) is 6.07 Å². The Balaban J connectivity index is 2.04. The van der Waals surface area contributed by atoms with Gasteiger partial charge < -0.3 is 5.32 Å². The molecule has 0 spiro atoms. The van der Waals surface area contributed by atoms with Crippen LogP contribution in [0.1, 0.15) is 46.0 Å². The Bertz CT molecular complexity index is 315. The summed E-state index contributed by atoms with van der Waals surface area (Å²) in [6.07, 6.45) is 5.27. The Morgan fingerprint density at radius 3 is 2.67 bits per heavy atom. The number of rotatable bonds is 8. The average Bonchev–Trinajstić information content (AvgIpc) is 3.08. The minimum absolute atomic E-state index is 0.136. The molecule has 0 atom stereocenters. The van der Waals surface area contributed by atoms with Gasteiger partial charge in [-0.05, 0) is 53.1 Å². The number of carbonyl (C=O) groups is 1. The summed E-state index contributed by atoms with van der Waals surface area (Å²) in [6, 6.07) is 2.76. The molecule has 0 aromatic heterocycles. The van der Waals surface area contributed by atoms with Gasteiger partial charge in [-0.25, -0.2) is 0 Å². The average molecular weight is 251 g/mol. The van der Waals surface area contributed by atoms with E-state index in [2.05, 4.69) is 16.3 Å². The molecule has 0 aromatic carbocycles. The van der Waals surface area contributed by atoms with Gasteiger partial charge in [-0.1, -0.05) is 6.42 Å². The number of nitrogens with one attached hydrogen (secondary N) is 1. The third-order valence-corrected chi connectivity index (χ3v) is 3.25. The standard InChI is InChI=1S/C14H25N3O/c1-14(2,11-15)8-4-5-9-17(3)10-13(18)16-12-6-7-12/h12H,4-10H2,1-3H3,(H,16,18). The van der Waals surface area contributed by atoms with E-state index in [1.807, 2.05) is 20.9 Å². The van der Waals surface area contributed by atoms with Crippen LogP contribution in [0, 0.1) is 16.7 Å². The summed E-state index contributed by atoms with van der Waals surface area (Å²) in [5, 5.41) is 11.9. The quantitative estimate of drug-likeness (QED) is 0.670. The van der Waals surface area contributed by atoms with Crippen LogP contribution < -0.4 is 5.32 Å². The highest BCUT2D eigenvalue weighted by Gasteiger charge is 2.23. The van der Waals surface area contributed by atoms with Crippen molar-refractivity contribution < 1.29 is 4.79 Å². The maximum Gasteiger partial charge on any atom is 0.234 e. The zero-order valence-electron chi connectivity index (χ0n) is 11.8. The highest BCUT2D eigenvalue weighted by molar-refractivity contribution is 5.78. The first-order valence-corrected chi connectivity index (χ1v) is 6.82. The van der Waals surface area contributed by atoms with Crippen molar-refractivity contribution in [3.63, 3.8) is 0 Å². The van der Waals surface area contributed by atoms with Crippen LogP contribution in [0.2, 0.25) is 0 Å². The summed E-state index contributed by atoms with van der Waals surface area (Å²) in [4.78, 5) is 13.6. The van der Waals surface area contributed by atoms with Crippen molar-refractivity contribution in [1.82, 2.24) is 10.2 Å². The molecule has 1 amide bonds. The minimum Gasteiger partial charge on any atom is -0.352 e. The molecule has 0 saturated heterocycles. The Hall–Kier alpha value is -1.08. The lowest BCUT2D eigenvalue weighted by atomic mass is 9.89. The van der Waals surface area contributed by atoms with Gasteiger partial charge in [0.05, 0.1) is 18.0 Å². The van der Waals surface area contributed by atoms with Crippen molar-refractivity contribution in [1.29, 1.82) is 5.26 Å². The van der Waals surface area contributed by atoms with Crippen molar-refractivity contribution in [2.75, 3.05) is 20.1 Å². The summed E-state index contributed by atoms with van der Waals surface area (Å²) < 4.78 is 0. The van der Waals surface area contributed by atoms with E-state index in [1.165, 1.54) is 0 Å². The fourth-order valence-corrected chi connectivity index (χ4v) is 1.83. The fourth-order valence-electron chi connectivity index (χ4n) is 1.83. The fraction of sp³-hybridized carbons (Fsp3) is 0.857. The first kappa shape index (κ1) is 15.0. The lowest BCUT2D eigenvalue weighted by Gasteiger charge is -2.18. The van der Waals surface area contributed by atoms with Crippen LogP contribution in [0.3, 0.4) is 0 Å². The van der Waals surface area contributed by atoms with Gasteiger partial charge in [0.25, 0.3) is 0 Å².